The third-order valence-corrected chi connectivity index (χ3v) is 3.90. The van der Waals surface area contributed by atoms with Gasteiger partial charge in [0.15, 0.2) is 0 Å². The molecular weight excluding hydrogens is 288 g/mol. The molecule has 0 bridgehead atoms. The van der Waals surface area contributed by atoms with Crippen molar-refractivity contribution in [2.24, 2.45) is 0 Å². The molecule has 0 aliphatic heterocycles. The molecule has 0 saturated heterocycles. The van der Waals surface area contributed by atoms with Crippen LogP contribution in [0.1, 0.15) is 17.4 Å². The van der Waals surface area contributed by atoms with Gasteiger partial charge in [0.25, 0.3) is 0 Å². The maximum Gasteiger partial charge on any atom is 0.122 e. The fourth-order valence-electron chi connectivity index (χ4n) is 2.79. The lowest BCUT2D eigenvalue weighted by atomic mass is 9.97. The molecule has 23 heavy (non-hydrogen) atoms. The Bertz CT molecular complexity index is 945. The van der Waals surface area contributed by atoms with Gasteiger partial charge in [-0.1, -0.05) is 18.2 Å². The van der Waals surface area contributed by atoms with Crippen molar-refractivity contribution in [3.63, 3.8) is 0 Å². The molecule has 112 valence electrons. The SMILES string of the molecule is OC(c1ncccc1-c1cnc[nH]1)c1cccc2ccncc12. The molecule has 1 aromatic carbocycles. The van der Waals surface area contributed by atoms with E-state index in [9.17, 15) is 5.11 Å². The van der Waals surface area contributed by atoms with Crippen LogP contribution in [0.25, 0.3) is 22.0 Å². The number of hydrogen-bond donors (Lipinski definition) is 2. The maximum absolute atomic E-state index is 10.9. The number of aliphatic hydroxyl groups is 1. The number of hydrogen-bond acceptors (Lipinski definition) is 4. The molecule has 3 heterocycles. The van der Waals surface area contributed by atoms with E-state index in [1.165, 1.54) is 0 Å². The first-order chi connectivity index (χ1) is 11.3. The third-order valence-electron chi connectivity index (χ3n) is 3.90. The Kier molecular flexibility index (Phi) is 3.33. The summed E-state index contributed by atoms with van der Waals surface area (Å²) >= 11 is 0. The van der Waals surface area contributed by atoms with Crippen LogP contribution in [0.5, 0.6) is 0 Å². The molecule has 0 saturated carbocycles. The number of aromatic nitrogens is 4. The monoisotopic (exact) mass is 302 g/mol. The van der Waals surface area contributed by atoms with Crippen molar-refractivity contribution < 1.29 is 5.11 Å². The van der Waals surface area contributed by atoms with E-state index in [-0.39, 0.29) is 0 Å². The highest BCUT2D eigenvalue weighted by Gasteiger charge is 2.19. The first kappa shape index (κ1) is 13.6. The average molecular weight is 302 g/mol. The second kappa shape index (κ2) is 5.62. The van der Waals surface area contributed by atoms with Crippen LogP contribution in [0, 0.1) is 0 Å². The van der Waals surface area contributed by atoms with Crippen LogP contribution in [0.15, 0.2) is 67.5 Å². The molecule has 0 aliphatic rings. The van der Waals surface area contributed by atoms with Crippen LogP contribution in [-0.2, 0) is 0 Å². The summed E-state index contributed by atoms with van der Waals surface area (Å²) in [7, 11) is 0. The molecule has 1 atom stereocenters. The largest absolute Gasteiger partial charge is 0.382 e. The van der Waals surface area contributed by atoms with Crippen LogP contribution < -0.4 is 0 Å². The number of aliphatic hydroxyl groups excluding tert-OH is 1. The van der Waals surface area contributed by atoms with Crippen LogP contribution in [0.3, 0.4) is 0 Å². The standard InChI is InChI=1S/C18H14N4O/c23-18(13-4-1-3-12-6-8-19-9-15(12)13)17-14(5-2-7-21-17)16-10-20-11-22-16/h1-11,18,23H,(H,20,22). The Morgan fingerprint density at radius 2 is 1.91 bits per heavy atom. The van der Waals surface area contributed by atoms with Gasteiger partial charge in [-0.25, -0.2) is 4.98 Å². The Balaban J connectivity index is 1.88. The number of imidazole rings is 1. The highest BCUT2D eigenvalue weighted by molar-refractivity contribution is 5.85. The highest BCUT2D eigenvalue weighted by atomic mass is 16.3. The Hall–Kier alpha value is -3.05. The minimum atomic E-state index is -0.845. The molecule has 1 unspecified atom stereocenters. The average Bonchev–Trinajstić information content (AvgIpc) is 3.15. The summed E-state index contributed by atoms with van der Waals surface area (Å²) in [4.78, 5) is 15.7. The van der Waals surface area contributed by atoms with Gasteiger partial charge in [0.1, 0.15) is 6.10 Å². The van der Waals surface area contributed by atoms with Crippen molar-refractivity contribution in [2.75, 3.05) is 0 Å². The second-order valence-electron chi connectivity index (χ2n) is 5.25. The van der Waals surface area contributed by atoms with Gasteiger partial charge in [0.2, 0.25) is 0 Å². The Morgan fingerprint density at radius 3 is 2.78 bits per heavy atom. The fraction of sp³-hybridized carbons (Fsp3) is 0.0556. The summed E-state index contributed by atoms with van der Waals surface area (Å²) in [6, 6.07) is 11.5. The van der Waals surface area contributed by atoms with Crippen LogP contribution in [0.2, 0.25) is 0 Å². The van der Waals surface area contributed by atoms with Gasteiger partial charge < -0.3 is 10.1 Å². The minimum absolute atomic E-state index is 0.591. The van der Waals surface area contributed by atoms with E-state index < -0.39 is 6.10 Å². The van der Waals surface area contributed by atoms with Gasteiger partial charge >= 0.3 is 0 Å². The first-order valence-corrected chi connectivity index (χ1v) is 7.29. The minimum Gasteiger partial charge on any atom is -0.382 e. The highest BCUT2D eigenvalue weighted by Crippen LogP contribution is 2.32. The third kappa shape index (κ3) is 2.37. The van der Waals surface area contributed by atoms with E-state index in [2.05, 4.69) is 19.9 Å². The lowest BCUT2D eigenvalue weighted by molar-refractivity contribution is 0.217. The number of aromatic amines is 1. The van der Waals surface area contributed by atoms with Gasteiger partial charge in [-0.3, -0.25) is 9.97 Å². The Morgan fingerprint density at radius 1 is 0.957 bits per heavy atom. The number of benzene rings is 1. The van der Waals surface area contributed by atoms with Crippen molar-refractivity contribution >= 4 is 10.8 Å². The van der Waals surface area contributed by atoms with Crippen molar-refractivity contribution in [1.82, 2.24) is 19.9 Å². The van der Waals surface area contributed by atoms with E-state index in [1.807, 2.05) is 36.4 Å². The molecule has 0 aliphatic carbocycles. The fourth-order valence-corrected chi connectivity index (χ4v) is 2.79. The number of rotatable bonds is 3. The van der Waals surface area contributed by atoms with E-state index in [0.717, 1.165) is 27.6 Å². The number of H-pyrrole nitrogens is 1. The van der Waals surface area contributed by atoms with Crippen molar-refractivity contribution in [3.8, 4) is 11.3 Å². The van der Waals surface area contributed by atoms with Crippen molar-refractivity contribution in [2.45, 2.75) is 6.10 Å². The normalized spacial score (nSPS) is 12.4. The lowest BCUT2D eigenvalue weighted by Gasteiger charge is -2.16. The predicted molar refractivity (Wildman–Crippen MR) is 87.6 cm³/mol. The van der Waals surface area contributed by atoms with E-state index >= 15 is 0 Å². The molecule has 0 fully saturated rings. The van der Waals surface area contributed by atoms with Gasteiger partial charge in [-0.05, 0) is 29.1 Å². The molecule has 4 aromatic rings. The van der Waals surface area contributed by atoms with Crippen LogP contribution in [-0.4, -0.2) is 25.0 Å². The lowest BCUT2D eigenvalue weighted by Crippen LogP contribution is -2.05. The van der Waals surface area contributed by atoms with Gasteiger partial charge in [-0.15, -0.1) is 0 Å². The van der Waals surface area contributed by atoms with Crippen molar-refractivity contribution in [1.29, 1.82) is 0 Å². The molecule has 4 rings (SSSR count). The number of nitrogens with zero attached hydrogens (tertiary/aromatic N) is 3. The topological polar surface area (TPSA) is 74.7 Å². The summed E-state index contributed by atoms with van der Waals surface area (Å²) in [5.74, 6) is 0. The number of fused-ring (bicyclic) bond motifs is 1. The first-order valence-electron chi connectivity index (χ1n) is 7.29. The predicted octanol–water partition coefficient (Wildman–Crippen LogP) is 3.10. The molecular formula is C18H14N4O. The maximum atomic E-state index is 10.9. The zero-order chi connectivity index (χ0) is 15.6. The molecule has 0 spiro atoms. The van der Waals surface area contributed by atoms with Gasteiger partial charge in [-0.2, -0.15) is 0 Å². The van der Waals surface area contributed by atoms with Gasteiger partial charge in [0.05, 0.1) is 23.9 Å². The van der Waals surface area contributed by atoms with Gasteiger partial charge in [0, 0.05) is 29.5 Å². The molecule has 2 N–H and O–H groups in total. The molecule has 3 aromatic heterocycles. The smallest absolute Gasteiger partial charge is 0.122 e. The summed E-state index contributed by atoms with van der Waals surface area (Å²) in [5, 5.41) is 12.9. The summed E-state index contributed by atoms with van der Waals surface area (Å²) in [6.07, 6.45) is 7.68. The van der Waals surface area contributed by atoms with E-state index in [4.69, 9.17) is 0 Å². The van der Waals surface area contributed by atoms with Crippen LogP contribution in [0.4, 0.5) is 0 Å². The molecule has 0 amide bonds. The quantitative estimate of drug-likeness (QED) is 0.610. The molecule has 0 radical (unpaired) electrons. The van der Waals surface area contributed by atoms with E-state index in [1.54, 1.807) is 31.1 Å². The van der Waals surface area contributed by atoms with Crippen molar-refractivity contribution in [3.05, 3.63) is 78.8 Å². The zero-order valence-corrected chi connectivity index (χ0v) is 12.2. The summed E-state index contributed by atoms with van der Waals surface area (Å²) in [5.41, 5.74) is 3.03. The van der Waals surface area contributed by atoms with Crippen LogP contribution >= 0.6 is 0 Å². The number of nitrogens with one attached hydrogen (secondary N) is 1. The zero-order valence-electron chi connectivity index (χ0n) is 12.2. The number of pyridine rings is 2. The molecule has 5 nitrogen and oxygen atoms in total. The second-order valence-corrected chi connectivity index (χ2v) is 5.25. The summed E-state index contributed by atoms with van der Waals surface area (Å²) in [6.45, 7) is 0. The Labute approximate surface area is 132 Å². The summed E-state index contributed by atoms with van der Waals surface area (Å²) < 4.78 is 0. The van der Waals surface area contributed by atoms with E-state index in [0.29, 0.717) is 5.69 Å². The molecule has 5 heteroatoms.